The fraction of sp³-hybridized carbons (Fsp3) is 0.765. The Bertz CT molecular complexity index is 419. The predicted octanol–water partition coefficient (Wildman–Crippen LogP) is 6.08. The zero-order valence-electron chi connectivity index (χ0n) is 13.3. The number of halogens is 1. The molecule has 114 valence electrons. The first-order valence-electron chi connectivity index (χ1n) is 7.95. The van der Waals surface area contributed by atoms with E-state index in [2.05, 4.69) is 55.0 Å². The molecule has 1 fully saturated rings. The predicted molar refractivity (Wildman–Crippen MR) is 93.5 cm³/mol. The van der Waals surface area contributed by atoms with Crippen molar-refractivity contribution in [2.45, 2.75) is 65.8 Å². The van der Waals surface area contributed by atoms with E-state index in [0.717, 1.165) is 12.5 Å². The minimum atomic E-state index is 0.452. The molecule has 1 nitrogen and oxygen atoms in total. The van der Waals surface area contributed by atoms with Gasteiger partial charge < -0.3 is 5.32 Å². The quantitative estimate of drug-likeness (QED) is 0.673. The average molecular weight is 358 g/mol. The summed E-state index contributed by atoms with van der Waals surface area (Å²) in [5.41, 5.74) is 0.452. The van der Waals surface area contributed by atoms with Crippen molar-refractivity contribution in [3.8, 4) is 0 Å². The lowest BCUT2D eigenvalue weighted by atomic mass is 9.65. The standard InChI is InChI=1S/C17H28BrNS/c1-5-10-19-16(15-11-14(18)12(2)20-15)13-8-6-7-9-17(13,3)4/h11,13,16,19H,5-10H2,1-4H3. The molecule has 1 heterocycles. The summed E-state index contributed by atoms with van der Waals surface area (Å²) >= 11 is 5.65. The molecule has 1 saturated carbocycles. The van der Waals surface area contributed by atoms with Gasteiger partial charge in [0.25, 0.3) is 0 Å². The fourth-order valence-corrected chi connectivity index (χ4v) is 5.22. The van der Waals surface area contributed by atoms with Crippen LogP contribution < -0.4 is 5.32 Å². The van der Waals surface area contributed by atoms with Crippen LogP contribution >= 0.6 is 27.3 Å². The highest BCUT2D eigenvalue weighted by Gasteiger charge is 2.38. The van der Waals surface area contributed by atoms with E-state index in [1.165, 1.54) is 46.3 Å². The molecular weight excluding hydrogens is 330 g/mol. The van der Waals surface area contributed by atoms with Gasteiger partial charge in [0.1, 0.15) is 0 Å². The molecule has 1 aliphatic rings. The maximum absolute atomic E-state index is 3.84. The van der Waals surface area contributed by atoms with E-state index in [1.807, 2.05) is 11.3 Å². The Labute approximate surface area is 136 Å². The maximum Gasteiger partial charge on any atom is 0.0449 e. The van der Waals surface area contributed by atoms with Gasteiger partial charge in [-0.1, -0.05) is 33.6 Å². The Hall–Kier alpha value is 0.140. The monoisotopic (exact) mass is 357 g/mol. The van der Waals surface area contributed by atoms with Crippen LogP contribution in [0.25, 0.3) is 0 Å². The van der Waals surface area contributed by atoms with Crippen LogP contribution in [0.4, 0.5) is 0 Å². The van der Waals surface area contributed by atoms with Gasteiger partial charge in [-0.05, 0) is 66.1 Å². The Morgan fingerprint density at radius 1 is 1.45 bits per heavy atom. The largest absolute Gasteiger partial charge is 0.309 e. The molecule has 1 aromatic rings. The van der Waals surface area contributed by atoms with Crippen molar-refractivity contribution in [2.24, 2.45) is 11.3 Å². The summed E-state index contributed by atoms with van der Waals surface area (Å²) in [6, 6.07) is 2.87. The van der Waals surface area contributed by atoms with Gasteiger partial charge in [0.2, 0.25) is 0 Å². The normalized spacial score (nSPS) is 23.8. The summed E-state index contributed by atoms with van der Waals surface area (Å²) in [5.74, 6) is 0.757. The second kappa shape index (κ2) is 6.93. The van der Waals surface area contributed by atoms with Gasteiger partial charge in [-0.3, -0.25) is 0 Å². The highest BCUT2D eigenvalue weighted by molar-refractivity contribution is 9.10. The van der Waals surface area contributed by atoms with Gasteiger partial charge in [-0.2, -0.15) is 0 Å². The number of thiophene rings is 1. The summed E-state index contributed by atoms with van der Waals surface area (Å²) in [7, 11) is 0. The molecule has 1 aromatic heterocycles. The second-order valence-electron chi connectivity index (χ2n) is 6.83. The zero-order valence-corrected chi connectivity index (χ0v) is 15.7. The molecule has 0 radical (unpaired) electrons. The SMILES string of the molecule is CCCNC(c1cc(Br)c(C)s1)C1CCCCC1(C)C. The minimum Gasteiger partial charge on any atom is -0.309 e. The molecular formula is C17H28BrNS. The number of hydrogen-bond donors (Lipinski definition) is 1. The average Bonchev–Trinajstić information content (AvgIpc) is 2.71. The van der Waals surface area contributed by atoms with Crippen LogP contribution in [-0.2, 0) is 0 Å². The lowest BCUT2D eigenvalue weighted by molar-refractivity contribution is 0.0994. The second-order valence-corrected chi connectivity index (χ2v) is 8.97. The Morgan fingerprint density at radius 3 is 2.75 bits per heavy atom. The van der Waals surface area contributed by atoms with E-state index in [0.29, 0.717) is 11.5 Å². The van der Waals surface area contributed by atoms with E-state index in [9.17, 15) is 0 Å². The summed E-state index contributed by atoms with van der Waals surface area (Å²) in [6.07, 6.45) is 6.73. The van der Waals surface area contributed by atoms with Gasteiger partial charge in [-0.25, -0.2) is 0 Å². The van der Waals surface area contributed by atoms with E-state index < -0.39 is 0 Å². The van der Waals surface area contributed by atoms with Crippen LogP contribution in [0, 0.1) is 18.3 Å². The molecule has 0 amide bonds. The van der Waals surface area contributed by atoms with E-state index >= 15 is 0 Å². The number of nitrogens with one attached hydrogen (secondary N) is 1. The lowest BCUT2D eigenvalue weighted by Gasteiger charge is -2.43. The van der Waals surface area contributed by atoms with Crippen molar-refractivity contribution in [3.63, 3.8) is 0 Å². The summed E-state index contributed by atoms with van der Waals surface area (Å²) in [6.45, 7) is 10.5. The van der Waals surface area contributed by atoms with Crippen molar-refractivity contribution in [1.82, 2.24) is 5.32 Å². The summed E-state index contributed by atoms with van der Waals surface area (Å²) in [5, 5.41) is 3.84. The third-order valence-corrected chi connectivity index (χ3v) is 7.01. The molecule has 1 aliphatic carbocycles. The lowest BCUT2D eigenvalue weighted by Crippen LogP contribution is -2.39. The minimum absolute atomic E-state index is 0.452. The molecule has 20 heavy (non-hydrogen) atoms. The Morgan fingerprint density at radius 2 is 2.20 bits per heavy atom. The molecule has 2 unspecified atom stereocenters. The van der Waals surface area contributed by atoms with Crippen molar-refractivity contribution >= 4 is 27.3 Å². The highest BCUT2D eigenvalue weighted by atomic mass is 79.9. The smallest absolute Gasteiger partial charge is 0.0449 e. The van der Waals surface area contributed by atoms with Crippen LogP contribution in [-0.4, -0.2) is 6.54 Å². The summed E-state index contributed by atoms with van der Waals surface area (Å²) in [4.78, 5) is 2.92. The van der Waals surface area contributed by atoms with Crippen LogP contribution in [0.3, 0.4) is 0 Å². The van der Waals surface area contributed by atoms with E-state index in [1.54, 1.807) is 0 Å². The number of rotatable bonds is 5. The van der Waals surface area contributed by atoms with Crippen LogP contribution in [0.15, 0.2) is 10.5 Å². The van der Waals surface area contributed by atoms with Gasteiger partial charge in [0, 0.05) is 20.3 Å². The van der Waals surface area contributed by atoms with Gasteiger partial charge in [-0.15, -0.1) is 11.3 Å². The van der Waals surface area contributed by atoms with Crippen molar-refractivity contribution < 1.29 is 0 Å². The van der Waals surface area contributed by atoms with Gasteiger partial charge >= 0.3 is 0 Å². The maximum atomic E-state index is 3.84. The third kappa shape index (κ3) is 3.66. The van der Waals surface area contributed by atoms with Crippen LogP contribution in [0.2, 0.25) is 0 Å². The fourth-order valence-electron chi connectivity index (χ4n) is 3.51. The van der Waals surface area contributed by atoms with Crippen molar-refractivity contribution in [1.29, 1.82) is 0 Å². The molecule has 2 atom stereocenters. The van der Waals surface area contributed by atoms with Crippen molar-refractivity contribution in [2.75, 3.05) is 6.54 Å². The van der Waals surface area contributed by atoms with Crippen LogP contribution in [0.1, 0.15) is 68.7 Å². The topological polar surface area (TPSA) is 12.0 Å². The zero-order chi connectivity index (χ0) is 14.8. The first-order chi connectivity index (χ1) is 9.45. The number of aryl methyl sites for hydroxylation is 1. The van der Waals surface area contributed by atoms with E-state index in [-0.39, 0.29) is 0 Å². The molecule has 2 rings (SSSR count). The highest BCUT2D eigenvalue weighted by Crippen LogP contribution is 2.48. The molecule has 0 saturated heterocycles. The first kappa shape index (κ1) is 16.5. The number of hydrogen-bond acceptors (Lipinski definition) is 2. The first-order valence-corrected chi connectivity index (χ1v) is 9.56. The van der Waals surface area contributed by atoms with Crippen molar-refractivity contribution in [3.05, 3.63) is 20.3 Å². The van der Waals surface area contributed by atoms with Gasteiger partial charge in [0.15, 0.2) is 0 Å². The Kier molecular flexibility index (Phi) is 5.72. The molecule has 1 N–H and O–H groups in total. The van der Waals surface area contributed by atoms with E-state index in [4.69, 9.17) is 0 Å². The van der Waals surface area contributed by atoms with Crippen LogP contribution in [0.5, 0.6) is 0 Å². The molecule has 3 heteroatoms. The molecule has 0 aliphatic heterocycles. The molecule has 0 aromatic carbocycles. The van der Waals surface area contributed by atoms with Gasteiger partial charge in [0.05, 0.1) is 0 Å². The Balaban J connectivity index is 2.26. The third-order valence-electron chi connectivity index (χ3n) is 4.79. The molecule has 0 bridgehead atoms. The molecule has 0 spiro atoms. The summed E-state index contributed by atoms with van der Waals surface area (Å²) < 4.78 is 1.27.